The summed E-state index contributed by atoms with van der Waals surface area (Å²) in [6.07, 6.45) is 6.36. The van der Waals surface area contributed by atoms with Crippen LogP contribution in [0.2, 0.25) is 5.02 Å². The molecule has 0 aliphatic heterocycles. The van der Waals surface area contributed by atoms with Crippen LogP contribution in [0.15, 0.2) is 120 Å². The minimum Gasteiger partial charge on any atom is -0.491 e. The Morgan fingerprint density at radius 1 is 0.859 bits per heavy atom. The third-order valence-electron chi connectivity index (χ3n) is 12.1. The molecular formula is C51H47ClF2N6O4. The van der Waals surface area contributed by atoms with E-state index in [-0.39, 0.29) is 17.7 Å². The van der Waals surface area contributed by atoms with Gasteiger partial charge in [-0.05, 0) is 130 Å². The molecule has 1 aliphatic carbocycles. The molecule has 2 N–H and O–H groups in total. The first-order chi connectivity index (χ1) is 31.2. The highest BCUT2D eigenvalue weighted by Crippen LogP contribution is 2.46. The highest BCUT2D eigenvalue weighted by Gasteiger charge is 2.38. The van der Waals surface area contributed by atoms with E-state index in [4.69, 9.17) is 25.8 Å². The molecule has 0 unspecified atom stereocenters. The van der Waals surface area contributed by atoms with Gasteiger partial charge in [-0.1, -0.05) is 67.1 Å². The molecular weight excluding hydrogens is 834 g/mol. The molecule has 3 heterocycles. The minimum absolute atomic E-state index is 0.0933. The summed E-state index contributed by atoms with van der Waals surface area (Å²) in [4.78, 5) is 20.5. The Morgan fingerprint density at radius 2 is 1.64 bits per heavy atom. The van der Waals surface area contributed by atoms with Crippen molar-refractivity contribution in [1.82, 2.24) is 29.9 Å². The summed E-state index contributed by atoms with van der Waals surface area (Å²) in [7, 11) is 1.84. The Kier molecular flexibility index (Phi) is 12.8. The topological polar surface area (TPSA) is 120 Å². The zero-order valence-electron chi connectivity index (χ0n) is 35.5. The molecule has 326 valence electrons. The number of aromatic amines is 2. The maximum Gasteiger partial charge on any atom is 0.272 e. The van der Waals surface area contributed by atoms with Gasteiger partial charge >= 0.3 is 0 Å². The number of allylic oxidation sites excluding steroid dienone is 1. The normalized spacial score (nSPS) is 15.2. The molecule has 8 aromatic rings. The van der Waals surface area contributed by atoms with Crippen LogP contribution in [-0.2, 0) is 29.4 Å². The zero-order chi connectivity index (χ0) is 44.2. The number of nitrogens with one attached hydrogen (secondary N) is 2. The number of hydrogen-bond donors (Lipinski definition) is 2. The Hall–Kier alpha value is -6.47. The van der Waals surface area contributed by atoms with Gasteiger partial charge in [-0.3, -0.25) is 9.48 Å². The van der Waals surface area contributed by atoms with Crippen LogP contribution in [0.4, 0.5) is 8.78 Å². The number of fused-ring (bicyclic) bond motifs is 1. The van der Waals surface area contributed by atoms with E-state index in [9.17, 15) is 13.6 Å². The summed E-state index contributed by atoms with van der Waals surface area (Å²) in [5.41, 5.74) is 9.22. The van der Waals surface area contributed by atoms with E-state index >= 15 is 0 Å². The second-order valence-corrected chi connectivity index (χ2v) is 16.4. The molecule has 2 atom stereocenters. The largest absolute Gasteiger partial charge is 0.491 e. The van der Waals surface area contributed by atoms with Crippen molar-refractivity contribution < 1.29 is 23.0 Å². The number of benzene rings is 5. The maximum absolute atomic E-state index is 14.7. The van der Waals surface area contributed by atoms with E-state index in [2.05, 4.69) is 74.7 Å². The van der Waals surface area contributed by atoms with E-state index in [0.29, 0.717) is 67.4 Å². The van der Waals surface area contributed by atoms with E-state index in [1.165, 1.54) is 36.2 Å². The van der Waals surface area contributed by atoms with Crippen molar-refractivity contribution in [3.63, 3.8) is 0 Å². The van der Waals surface area contributed by atoms with Crippen LogP contribution in [0.3, 0.4) is 0 Å². The minimum atomic E-state index is -0.443. The van der Waals surface area contributed by atoms with Crippen molar-refractivity contribution >= 4 is 44.4 Å². The van der Waals surface area contributed by atoms with E-state index < -0.39 is 11.4 Å². The second kappa shape index (κ2) is 19.1. The fraction of sp³-hybridized carbons (Fsp3) is 0.255. The predicted octanol–water partition coefficient (Wildman–Crippen LogP) is 10.4. The number of hydrogen-bond acceptors (Lipinski definition) is 7. The van der Waals surface area contributed by atoms with Gasteiger partial charge in [-0.15, -0.1) is 0 Å². The average Bonchev–Trinajstić information content (AvgIpc) is 3.96. The van der Waals surface area contributed by atoms with Gasteiger partial charge in [0.15, 0.2) is 0 Å². The maximum atomic E-state index is 14.7. The van der Waals surface area contributed by atoms with Gasteiger partial charge in [-0.2, -0.15) is 10.2 Å². The van der Waals surface area contributed by atoms with Crippen molar-refractivity contribution in [2.24, 2.45) is 7.05 Å². The molecule has 64 heavy (non-hydrogen) atoms. The molecule has 0 saturated heterocycles. The molecule has 13 heteroatoms. The molecule has 9 rings (SSSR count). The van der Waals surface area contributed by atoms with Crippen LogP contribution in [-0.4, -0.2) is 63.0 Å². The number of H-pyrrole nitrogens is 2. The molecule has 0 bridgehead atoms. The quantitative estimate of drug-likeness (QED) is 0.0690. The van der Waals surface area contributed by atoms with Crippen LogP contribution < -0.4 is 10.3 Å². The summed E-state index contributed by atoms with van der Waals surface area (Å²) in [6.45, 7) is 4.44. The van der Waals surface area contributed by atoms with Gasteiger partial charge in [0.25, 0.3) is 5.56 Å². The van der Waals surface area contributed by atoms with Crippen molar-refractivity contribution in [2.75, 3.05) is 33.0 Å². The zero-order valence-corrected chi connectivity index (χ0v) is 36.3. The lowest BCUT2D eigenvalue weighted by Gasteiger charge is -2.32. The molecule has 1 aliphatic rings. The number of aryl methyl sites for hydroxylation is 2. The highest BCUT2D eigenvalue weighted by atomic mass is 35.5. The van der Waals surface area contributed by atoms with Crippen molar-refractivity contribution in [3.05, 3.63) is 188 Å². The molecule has 0 fully saturated rings. The summed E-state index contributed by atoms with van der Waals surface area (Å²) >= 11 is 6.60. The van der Waals surface area contributed by atoms with Crippen molar-refractivity contribution in [3.8, 4) is 5.75 Å². The second-order valence-electron chi connectivity index (χ2n) is 16.0. The van der Waals surface area contributed by atoms with Crippen LogP contribution in [0.25, 0.3) is 32.8 Å². The standard InChI is InChI=1S/C51H47ClF2N6O4/c1-3-40(41-16-13-37(53)29-44(41)52)46(35-12-17-45-34(25-35)18-19-55-45)33-10-14-39(15-11-33)64-24-23-63-22-21-62-20-4-5-31-6-8-32(9-7-31)42-27-36-26-38(54)28-43-47(36)49(58-59-51(43)61)48(42)50-56-30-57-60(50)2/h6-19,25-26,28-30,42,48,55H,3-5,20-24,27H2,1-2H3,(H,59,61)/b46-40+/t42-,48-/m1/s1. The SMILES string of the molecule is CC/C(=C(/c1ccc(OCCOCCOCCCc2ccc([C@H]3Cc4cc(F)cc5c(=O)[nH]nc(c45)[C@@H]3c3ncnn3C)cc2)cc1)c1ccc2[nH]ccc2c1)c1ccc(F)cc1Cl. The first kappa shape index (κ1) is 42.8. The third kappa shape index (κ3) is 8.99. The van der Waals surface area contributed by atoms with Gasteiger partial charge in [0.2, 0.25) is 0 Å². The molecule has 0 saturated carbocycles. The Bertz CT molecular complexity index is 3020. The van der Waals surface area contributed by atoms with Gasteiger partial charge < -0.3 is 19.2 Å². The predicted molar refractivity (Wildman–Crippen MR) is 246 cm³/mol. The van der Waals surface area contributed by atoms with Crippen molar-refractivity contribution in [1.29, 1.82) is 0 Å². The lowest BCUT2D eigenvalue weighted by Crippen LogP contribution is -2.27. The fourth-order valence-corrected chi connectivity index (χ4v) is 9.31. The first-order valence-corrected chi connectivity index (χ1v) is 21.9. The number of ether oxygens (including phenoxy) is 3. The van der Waals surface area contributed by atoms with E-state index in [1.54, 1.807) is 10.7 Å². The highest BCUT2D eigenvalue weighted by molar-refractivity contribution is 6.32. The van der Waals surface area contributed by atoms with Crippen LogP contribution in [0.1, 0.15) is 76.5 Å². The molecule has 0 radical (unpaired) electrons. The third-order valence-corrected chi connectivity index (χ3v) is 12.4. The smallest absolute Gasteiger partial charge is 0.272 e. The fourth-order valence-electron chi connectivity index (χ4n) is 9.03. The monoisotopic (exact) mass is 880 g/mol. The number of halogens is 3. The Morgan fingerprint density at radius 3 is 2.41 bits per heavy atom. The van der Waals surface area contributed by atoms with Crippen LogP contribution >= 0.6 is 11.6 Å². The van der Waals surface area contributed by atoms with Gasteiger partial charge in [0.1, 0.15) is 36.1 Å². The summed E-state index contributed by atoms with van der Waals surface area (Å²) in [5.74, 6) is 0.268. The molecule has 10 nitrogen and oxygen atoms in total. The van der Waals surface area contributed by atoms with Gasteiger partial charge in [0.05, 0.1) is 41.8 Å². The Labute approximate surface area is 373 Å². The lowest BCUT2D eigenvalue weighted by atomic mass is 9.73. The van der Waals surface area contributed by atoms with E-state index in [0.717, 1.165) is 74.3 Å². The molecule has 0 amide bonds. The number of nitrogens with zero attached hydrogens (tertiary/aromatic N) is 4. The summed E-state index contributed by atoms with van der Waals surface area (Å²) in [5, 5.41) is 13.9. The molecule has 3 aromatic heterocycles. The van der Waals surface area contributed by atoms with Gasteiger partial charge in [0, 0.05) is 36.7 Å². The van der Waals surface area contributed by atoms with Crippen LogP contribution in [0, 0.1) is 11.6 Å². The molecule has 5 aromatic carbocycles. The van der Waals surface area contributed by atoms with Crippen molar-refractivity contribution in [2.45, 2.75) is 44.4 Å². The average molecular weight is 881 g/mol. The summed E-state index contributed by atoms with van der Waals surface area (Å²) < 4.78 is 48.2. The number of rotatable bonds is 17. The van der Waals surface area contributed by atoms with Gasteiger partial charge in [-0.25, -0.2) is 18.9 Å². The lowest BCUT2D eigenvalue weighted by molar-refractivity contribution is 0.0357. The van der Waals surface area contributed by atoms with E-state index in [1.807, 2.05) is 43.6 Å². The Balaban J connectivity index is 0.745. The number of aromatic nitrogens is 6. The summed E-state index contributed by atoms with van der Waals surface area (Å²) in [6, 6.07) is 32.2. The first-order valence-electron chi connectivity index (χ1n) is 21.5. The molecule has 0 spiro atoms. The van der Waals surface area contributed by atoms with Crippen LogP contribution in [0.5, 0.6) is 5.75 Å².